The van der Waals surface area contributed by atoms with Gasteiger partial charge in [0.2, 0.25) is 0 Å². The van der Waals surface area contributed by atoms with E-state index in [1.54, 1.807) is 6.92 Å². The molecule has 0 unspecified atom stereocenters. The summed E-state index contributed by atoms with van der Waals surface area (Å²) >= 11 is 0. The van der Waals surface area contributed by atoms with Crippen LogP contribution in [0.15, 0.2) is 11.8 Å². The van der Waals surface area contributed by atoms with E-state index in [-0.39, 0.29) is 57.0 Å². The second-order valence-electron chi connectivity index (χ2n) is 1.52. The molecule has 3 nitrogen and oxygen atoms in total. The van der Waals surface area contributed by atoms with Crippen molar-refractivity contribution in [3.8, 4) is 0 Å². The van der Waals surface area contributed by atoms with Crippen molar-refractivity contribution in [2.45, 2.75) is 13.8 Å². The predicted molar refractivity (Wildman–Crippen MR) is 30.4 cm³/mol. The largest absolute Gasteiger partial charge is 1.00 e. The number of carbonyl (C=O) groups excluding carboxylic acids is 1. The summed E-state index contributed by atoms with van der Waals surface area (Å²) in [6, 6.07) is 0. The first-order valence-electron chi connectivity index (χ1n) is 2.68. The van der Waals surface area contributed by atoms with Crippen molar-refractivity contribution >= 4 is 5.97 Å². The van der Waals surface area contributed by atoms with Crippen LogP contribution in [0.1, 0.15) is 13.8 Å². The Morgan fingerprint density at radius 2 is 2.20 bits per heavy atom. The molecule has 52 valence electrons. The molecule has 0 heterocycles. The van der Waals surface area contributed by atoms with Gasteiger partial charge in [0.25, 0.3) is 0 Å². The zero-order valence-electron chi connectivity index (χ0n) is 6.51. The normalized spacial score (nSPS) is 10.0. The molecule has 0 aliphatic heterocycles. The zero-order valence-corrected chi connectivity index (χ0v) is 9.63. The summed E-state index contributed by atoms with van der Waals surface area (Å²) in [7, 11) is 0. The molecule has 0 aromatic carbocycles. The smallest absolute Gasteiger partial charge is 0.878 e. The second kappa shape index (κ2) is 7.75. The monoisotopic (exact) mass is 168 g/mol. The molecular weight excluding hydrogens is 159 g/mol. The standard InChI is InChI=1S/C6H10O3.K/c1-3-9-6(8)5(2)4-7;/h4,7H,3H2,1-2H3;/q;+1/p-1. The van der Waals surface area contributed by atoms with Gasteiger partial charge in [0.1, 0.15) is 0 Å². The summed E-state index contributed by atoms with van der Waals surface area (Å²) in [5.74, 6) is -0.535. The number of esters is 1. The van der Waals surface area contributed by atoms with Crippen molar-refractivity contribution in [2.24, 2.45) is 0 Å². The fourth-order valence-corrected chi connectivity index (χ4v) is 0.293. The van der Waals surface area contributed by atoms with Gasteiger partial charge in [0, 0.05) is 5.57 Å². The minimum absolute atomic E-state index is 0. The van der Waals surface area contributed by atoms with E-state index in [0.29, 0.717) is 12.9 Å². The van der Waals surface area contributed by atoms with Gasteiger partial charge in [0.15, 0.2) is 0 Å². The molecule has 0 bridgehead atoms. The summed E-state index contributed by atoms with van der Waals surface area (Å²) in [6.07, 6.45) is 0.484. The minimum Gasteiger partial charge on any atom is -0.878 e. The predicted octanol–water partition coefficient (Wildman–Crippen LogP) is -3.18. The maximum atomic E-state index is 10.5. The molecule has 0 fully saturated rings. The van der Waals surface area contributed by atoms with Crippen LogP contribution in [-0.2, 0) is 9.53 Å². The van der Waals surface area contributed by atoms with Crippen molar-refractivity contribution in [3.05, 3.63) is 11.8 Å². The molecule has 0 rings (SSSR count). The van der Waals surface area contributed by atoms with E-state index < -0.39 is 5.97 Å². The third-order valence-electron chi connectivity index (χ3n) is 0.774. The SMILES string of the molecule is CCOC(=O)C(C)=C[O-].[K+]. The number of hydrogen-bond acceptors (Lipinski definition) is 3. The van der Waals surface area contributed by atoms with Gasteiger partial charge in [-0.1, -0.05) is 0 Å². The van der Waals surface area contributed by atoms with Crippen molar-refractivity contribution in [1.29, 1.82) is 0 Å². The molecule has 0 aromatic rings. The zero-order chi connectivity index (χ0) is 7.28. The van der Waals surface area contributed by atoms with Crippen molar-refractivity contribution < 1.29 is 66.0 Å². The van der Waals surface area contributed by atoms with E-state index in [4.69, 9.17) is 0 Å². The molecule has 0 aliphatic carbocycles. The number of rotatable bonds is 2. The molecule has 0 atom stereocenters. The fourth-order valence-electron chi connectivity index (χ4n) is 0.293. The Morgan fingerprint density at radius 1 is 1.70 bits per heavy atom. The summed E-state index contributed by atoms with van der Waals surface area (Å²) in [5.41, 5.74) is 0.108. The van der Waals surface area contributed by atoms with Crippen LogP contribution in [0.4, 0.5) is 0 Å². The van der Waals surface area contributed by atoms with Gasteiger partial charge in [-0.05, 0) is 13.8 Å². The number of ether oxygens (including phenoxy) is 1. The third kappa shape index (κ3) is 5.43. The molecular formula is C6H9KO3. The molecule has 0 aliphatic rings. The van der Waals surface area contributed by atoms with Gasteiger partial charge >= 0.3 is 57.4 Å². The van der Waals surface area contributed by atoms with Crippen LogP contribution in [0.25, 0.3) is 0 Å². The van der Waals surface area contributed by atoms with Crippen molar-refractivity contribution in [2.75, 3.05) is 6.61 Å². The molecule has 0 aromatic heterocycles. The number of hydrogen-bond donors (Lipinski definition) is 0. The first-order valence-corrected chi connectivity index (χ1v) is 2.68. The molecule has 0 N–H and O–H groups in total. The van der Waals surface area contributed by atoms with E-state index in [1.165, 1.54) is 6.92 Å². The van der Waals surface area contributed by atoms with Gasteiger partial charge in [-0.15, -0.1) is 6.26 Å². The maximum absolute atomic E-state index is 10.5. The fraction of sp³-hybridized carbons (Fsp3) is 0.500. The molecule has 4 heteroatoms. The van der Waals surface area contributed by atoms with Gasteiger partial charge in [-0.2, -0.15) is 0 Å². The Kier molecular flexibility index (Phi) is 10.3. The number of carbonyl (C=O) groups is 1. The van der Waals surface area contributed by atoms with E-state index in [2.05, 4.69) is 4.74 Å². The summed E-state index contributed by atoms with van der Waals surface area (Å²) in [5, 5.41) is 9.88. The first-order chi connectivity index (χ1) is 4.22. The Balaban J connectivity index is 0. The molecule has 0 saturated carbocycles. The maximum Gasteiger partial charge on any atom is 1.00 e. The summed E-state index contributed by atoms with van der Waals surface area (Å²) in [6.45, 7) is 3.42. The molecule has 10 heavy (non-hydrogen) atoms. The van der Waals surface area contributed by atoms with E-state index >= 15 is 0 Å². The van der Waals surface area contributed by atoms with Gasteiger partial charge in [-0.3, -0.25) is 0 Å². The summed E-state index contributed by atoms with van der Waals surface area (Å²) < 4.78 is 4.49. The third-order valence-corrected chi connectivity index (χ3v) is 0.774. The van der Waals surface area contributed by atoms with Crippen LogP contribution in [0, 0.1) is 0 Å². The van der Waals surface area contributed by atoms with Crippen LogP contribution in [0.5, 0.6) is 0 Å². The van der Waals surface area contributed by atoms with Crippen LogP contribution in [0.2, 0.25) is 0 Å². The van der Waals surface area contributed by atoms with Crippen LogP contribution >= 0.6 is 0 Å². The topological polar surface area (TPSA) is 49.4 Å². The van der Waals surface area contributed by atoms with E-state index in [0.717, 1.165) is 0 Å². The van der Waals surface area contributed by atoms with Crippen LogP contribution < -0.4 is 56.5 Å². The van der Waals surface area contributed by atoms with Gasteiger partial charge in [0.05, 0.1) is 6.61 Å². The molecule has 0 spiro atoms. The average molecular weight is 168 g/mol. The van der Waals surface area contributed by atoms with Crippen LogP contribution in [0.3, 0.4) is 0 Å². The minimum atomic E-state index is -0.535. The second-order valence-corrected chi connectivity index (χ2v) is 1.52. The quantitative estimate of drug-likeness (QED) is 0.189. The Bertz CT molecular complexity index is 131. The van der Waals surface area contributed by atoms with Crippen molar-refractivity contribution in [3.63, 3.8) is 0 Å². The Hall–Kier alpha value is 0.646. The first kappa shape index (κ1) is 13.3. The Morgan fingerprint density at radius 3 is 2.50 bits per heavy atom. The van der Waals surface area contributed by atoms with Crippen molar-refractivity contribution in [1.82, 2.24) is 0 Å². The average Bonchev–Trinajstić information content (AvgIpc) is 1.87. The molecule has 0 saturated heterocycles. The molecule has 0 radical (unpaired) electrons. The van der Waals surface area contributed by atoms with E-state index in [9.17, 15) is 9.90 Å². The van der Waals surface area contributed by atoms with E-state index in [1.807, 2.05) is 0 Å². The van der Waals surface area contributed by atoms with Crippen LogP contribution in [-0.4, -0.2) is 12.6 Å². The summed E-state index contributed by atoms with van der Waals surface area (Å²) in [4.78, 5) is 10.5. The van der Waals surface area contributed by atoms with Gasteiger partial charge in [-0.25, -0.2) is 4.79 Å². The Labute approximate surface area is 103 Å². The molecule has 0 amide bonds. The van der Waals surface area contributed by atoms with Gasteiger partial charge < -0.3 is 9.84 Å².